The highest BCUT2D eigenvalue weighted by Crippen LogP contribution is 2.57. The van der Waals surface area contributed by atoms with E-state index in [0.717, 1.165) is 36.8 Å². The average molecular weight is 423 g/mol. The Hall–Kier alpha value is -2.89. The van der Waals surface area contributed by atoms with E-state index in [4.69, 9.17) is 5.41 Å². The second-order valence-corrected chi connectivity index (χ2v) is 8.71. The fourth-order valence-electron chi connectivity index (χ4n) is 4.52. The fraction of sp³-hybridized carbons (Fsp3) is 0.480. The van der Waals surface area contributed by atoms with Crippen molar-refractivity contribution in [3.05, 3.63) is 59.7 Å². The molecular formula is C25H34N4O2. The lowest BCUT2D eigenvalue weighted by Crippen LogP contribution is -2.39. The Kier molecular flexibility index (Phi) is 7.66. The van der Waals surface area contributed by atoms with Crippen LogP contribution in [0.25, 0.3) is 0 Å². The second-order valence-electron chi connectivity index (χ2n) is 8.71. The Bertz CT molecular complexity index is 848. The van der Waals surface area contributed by atoms with Crippen LogP contribution in [-0.4, -0.2) is 49.2 Å². The van der Waals surface area contributed by atoms with Crippen LogP contribution in [-0.2, 0) is 11.2 Å². The molecule has 166 valence electrons. The van der Waals surface area contributed by atoms with Crippen LogP contribution in [0.1, 0.15) is 38.2 Å². The van der Waals surface area contributed by atoms with Gasteiger partial charge in [-0.05, 0) is 53.4 Å². The number of carbonyl (C=O) groups excluding carboxylic acids is 2. The zero-order chi connectivity index (χ0) is 22.3. The number of nitrogens with zero attached hydrogens (tertiary/aromatic N) is 1. The first-order valence-electron chi connectivity index (χ1n) is 11.2. The van der Waals surface area contributed by atoms with E-state index in [-0.39, 0.29) is 17.4 Å². The third-order valence-electron chi connectivity index (χ3n) is 6.76. The number of nitrogens with one attached hydrogen (secondary N) is 3. The molecule has 1 aliphatic carbocycles. The van der Waals surface area contributed by atoms with Gasteiger partial charge < -0.3 is 20.9 Å². The van der Waals surface area contributed by atoms with Gasteiger partial charge in [0.05, 0.1) is 0 Å². The molecule has 1 heterocycles. The Morgan fingerprint density at radius 2 is 2.03 bits per heavy atom. The lowest BCUT2D eigenvalue weighted by molar-refractivity contribution is -0.121. The molecule has 1 aromatic carbocycles. The van der Waals surface area contributed by atoms with Crippen molar-refractivity contribution in [3.8, 4) is 0 Å². The molecule has 1 saturated heterocycles. The molecule has 1 aliphatic heterocycles. The molecule has 6 nitrogen and oxygen atoms in total. The molecule has 2 atom stereocenters. The Balaban J connectivity index is 1.35. The number of carbonyl (C=O) groups is 2. The first-order chi connectivity index (χ1) is 15.0. The van der Waals surface area contributed by atoms with Crippen LogP contribution in [0.2, 0.25) is 0 Å². The second kappa shape index (κ2) is 10.4. The predicted octanol–water partition coefficient (Wildman–Crippen LogP) is 3.70. The summed E-state index contributed by atoms with van der Waals surface area (Å²) >= 11 is 0. The van der Waals surface area contributed by atoms with Gasteiger partial charge in [-0.25, -0.2) is 4.79 Å². The van der Waals surface area contributed by atoms with Crippen molar-refractivity contribution in [1.82, 2.24) is 15.5 Å². The molecule has 2 aliphatic rings. The lowest BCUT2D eigenvalue weighted by Gasteiger charge is -2.18. The SMILES string of the molecule is C=C1CN(C(=O)NCC2CC2(CC)CCNC(=O)CCc2ccccc2)C/C1=C/C=N. The summed E-state index contributed by atoms with van der Waals surface area (Å²) in [6.07, 6.45) is 7.32. The summed E-state index contributed by atoms with van der Waals surface area (Å²) in [4.78, 5) is 26.4. The van der Waals surface area contributed by atoms with Gasteiger partial charge in [0.1, 0.15) is 0 Å². The summed E-state index contributed by atoms with van der Waals surface area (Å²) in [7, 11) is 0. The molecule has 2 fully saturated rings. The monoisotopic (exact) mass is 422 g/mol. The molecule has 0 spiro atoms. The number of amides is 3. The van der Waals surface area contributed by atoms with E-state index < -0.39 is 0 Å². The molecule has 6 heteroatoms. The maximum atomic E-state index is 12.5. The molecule has 0 aromatic heterocycles. The largest absolute Gasteiger partial charge is 0.356 e. The Labute approximate surface area is 185 Å². The van der Waals surface area contributed by atoms with Gasteiger partial charge in [0.15, 0.2) is 0 Å². The van der Waals surface area contributed by atoms with Gasteiger partial charge in [0, 0.05) is 38.8 Å². The number of aryl methyl sites for hydroxylation is 1. The molecule has 3 rings (SSSR count). The minimum absolute atomic E-state index is 0.0688. The standard InChI is InChI=1S/C25H34N4O2/c1-3-25(12-14-27-23(30)10-9-20-7-5-4-6-8-20)15-22(25)16-28-24(31)29-17-19(2)21(18-29)11-13-26/h4-8,11,13,22,26H,2-3,9-10,12,14-18H2,1H3,(H,27,30)(H,28,31)/b21-11-,26-13?. The van der Waals surface area contributed by atoms with Gasteiger partial charge in [0.25, 0.3) is 0 Å². The van der Waals surface area contributed by atoms with Crippen molar-refractivity contribution in [3.63, 3.8) is 0 Å². The van der Waals surface area contributed by atoms with E-state index in [1.54, 1.807) is 11.0 Å². The minimum Gasteiger partial charge on any atom is -0.356 e. The van der Waals surface area contributed by atoms with Crippen LogP contribution >= 0.6 is 0 Å². The lowest BCUT2D eigenvalue weighted by atomic mass is 9.95. The van der Waals surface area contributed by atoms with Gasteiger partial charge >= 0.3 is 6.03 Å². The van der Waals surface area contributed by atoms with Crippen LogP contribution in [0.4, 0.5) is 4.79 Å². The van der Waals surface area contributed by atoms with Crippen LogP contribution < -0.4 is 10.6 Å². The Morgan fingerprint density at radius 1 is 1.26 bits per heavy atom. The van der Waals surface area contributed by atoms with Gasteiger partial charge in [0.2, 0.25) is 5.91 Å². The fourth-order valence-corrected chi connectivity index (χ4v) is 4.52. The van der Waals surface area contributed by atoms with Gasteiger partial charge in [-0.1, -0.05) is 50.3 Å². The van der Waals surface area contributed by atoms with Crippen molar-refractivity contribution in [2.45, 2.75) is 39.0 Å². The van der Waals surface area contributed by atoms with E-state index in [9.17, 15) is 9.59 Å². The summed E-state index contributed by atoms with van der Waals surface area (Å²) in [5.74, 6) is 0.564. The van der Waals surface area contributed by atoms with Crippen LogP contribution in [0, 0.1) is 16.7 Å². The van der Waals surface area contributed by atoms with Crippen LogP contribution in [0.5, 0.6) is 0 Å². The highest BCUT2D eigenvalue weighted by atomic mass is 16.2. The smallest absolute Gasteiger partial charge is 0.318 e. The molecule has 1 saturated carbocycles. The quantitative estimate of drug-likeness (QED) is 0.502. The highest BCUT2D eigenvalue weighted by Gasteiger charge is 2.51. The van der Waals surface area contributed by atoms with Crippen molar-refractivity contribution < 1.29 is 9.59 Å². The summed E-state index contributed by atoms with van der Waals surface area (Å²) < 4.78 is 0. The molecule has 0 radical (unpaired) electrons. The maximum Gasteiger partial charge on any atom is 0.318 e. The number of urea groups is 1. The van der Waals surface area contributed by atoms with E-state index in [1.807, 2.05) is 30.3 Å². The third-order valence-corrected chi connectivity index (χ3v) is 6.76. The number of hydrogen-bond donors (Lipinski definition) is 3. The van der Waals surface area contributed by atoms with E-state index in [2.05, 4.69) is 24.1 Å². The summed E-state index contributed by atoms with van der Waals surface area (Å²) in [5, 5.41) is 13.3. The topological polar surface area (TPSA) is 85.3 Å². The number of benzene rings is 1. The number of likely N-dealkylation sites (tertiary alicyclic amines) is 1. The van der Waals surface area contributed by atoms with Crippen molar-refractivity contribution in [2.24, 2.45) is 11.3 Å². The number of rotatable bonds is 10. The molecule has 2 unspecified atom stereocenters. The van der Waals surface area contributed by atoms with Crippen LogP contribution in [0.15, 0.2) is 54.1 Å². The van der Waals surface area contributed by atoms with E-state index in [1.165, 1.54) is 11.8 Å². The molecule has 1 aromatic rings. The molecule has 0 bridgehead atoms. The van der Waals surface area contributed by atoms with Crippen molar-refractivity contribution in [1.29, 1.82) is 5.41 Å². The maximum absolute atomic E-state index is 12.5. The number of hydrogen-bond acceptors (Lipinski definition) is 3. The summed E-state index contributed by atoms with van der Waals surface area (Å²) in [5.41, 5.74) is 3.25. The van der Waals surface area contributed by atoms with E-state index >= 15 is 0 Å². The van der Waals surface area contributed by atoms with Crippen LogP contribution in [0.3, 0.4) is 0 Å². The van der Waals surface area contributed by atoms with Gasteiger partial charge in [-0.3, -0.25) is 4.79 Å². The zero-order valence-corrected chi connectivity index (χ0v) is 18.5. The van der Waals surface area contributed by atoms with E-state index in [0.29, 0.717) is 38.5 Å². The van der Waals surface area contributed by atoms with Crippen molar-refractivity contribution in [2.75, 3.05) is 26.2 Å². The zero-order valence-electron chi connectivity index (χ0n) is 18.5. The Morgan fingerprint density at radius 3 is 2.74 bits per heavy atom. The molecular weight excluding hydrogens is 388 g/mol. The third kappa shape index (κ3) is 6.06. The molecule has 3 N–H and O–H groups in total. The van der Waals surface area contributed by atoms with Crippen molar-refractivity contribution >= 4 is 18.2 Å². The summed E-state index contributed by atoms with van der Waals surface area (Å²) in [6, 6.07) is 10.0. The first-order valence-corrected chi connectivity index (χ1v) is 11.2. The van der Waals surface area contributed by atoms with Gasteiger partial charge in [-0.15, -0.1) is 0 Å². The normalized spacial score (nSPS) is 23.6. The van der Waals surface area contributed by atoms with Gasteiger partial charge in [-0.2, -0.15) is 0 Å². The molecule has 3 amide bonds. The highest BCUT2D eigenvalue weighted by molar-refractivity contribution is 5.78. The predicted molar refractivity (Wildman–Crippen MR) is 124 cm³/mol. The number of allylic oxidation sites excluding steroid dienone is 1. The minimum atomic E-state index is -0.0688. The average Bonchev–Trinajstić information content (AvgIpc) is 3.36. The first kappa shape index (κ1) is 22.8. The summed E-state index contributed by atoms with van der Waals surface area (Å²) in [6.45, 7) is 8.56. The molecule has 31 heavy (non-hydrogen) atoms.